The molecule has 1 unspecified atom stereocenters. The molecule has 8 nitrogen and oxygen atoms in total. The van der Waals surface area contributed by atoms with E-state index < -0.39 is 11.2 Å². The third kappa shape index (κ3) is 6.13. The van der Waals surface area contributed by atoms with Crippen LogP contribution in [0.2, 0.25) is 0 Å². The maximum Gasteiger partial charge on any atom is 0.213 e. The summed E-state index contributed by atoms with van der Waals surface area (Å²) >= 11 is 0. The number of ether oxygens (including phenoxy) is 3. The second-order valence-corrected chi connectivity index (χ2v) is 8.62. The van der Waals surface area contributed by atoms with Gasteiger partial charge in [0.15, 0.2) is 5.78 Å². The minimum atomic E-state index is -0.503. The van der Waals surface area contributed by atoms with E-state index in [9.17, 15) is 9.59 Å². The molecule has 0 amide bonds. The summed E-state index contributed by atoms with van der Waals surface area (Å²) in [6, 6.07) is 8.18. The number of carbonyl (C=O) groups is 2. The van der Waals surface area contributed by atoms with Crippen LogP contribution in [0.4, 0.5) is 5.69 Å². The number of hydrogen-bond acceptors (Lipinski definition) is 8. The standard InChI is InChI=1S/C24H29N3O5/c1-24(2,3)20(28)13-26-19-11-16(30-4)6-7-18(19)22(25)23(29)15-5-8-21(27-12-15)31-10-9-17-14-32-17/h5-8,11-12,17,25-26H,9-10,13-14H2,1-4H3. The summed E-state index contributed by atoms with van der Waals surface area (Å²) in [5.74, 6) is 0.503. The molecule has 1 aromatic heterocycles. The fraction of sp³-hybridized carbons (Fsp3) is 0.417. The van der Waals surface area contributed by atoms with Crippen LogP contribution in [0.3, 0.4) is 0 Å². The van der Waals surface area contributed by atoms with Gasteiger partial charge in [0, 0.05) is 47.0 Å². The minimum absolute atomic E-state index is 0.0113. The van der Waals surface area contributed by atoms with Crippen molar-refractivity contribution in [1.29, 1.82) is 5.41 Å². The first-order valence-electron chi connectivity index (χ1n) is 10.5. The number of nitrogens with zero attached hydrogens (tertiary/aromatic N) is 1. The molecule has 1 aliphatic heterocycles. The molecular formula is C24H29N3O5. The van der Waals surface area contributed by atoms with Gasteiger partial charge in [-0.2, -0.15) is 0 Å². The second-order valence-electron chi connectivity index (χ2n) is 8.62. The number of Topliss-reactive ketones (excluding diaryl/α,β-unsaturated/α-hetero) is 2. The van der Waals surface area contributed by atoms with Crippen LogP contribution >= 0.6 is 0 Å². The molecule has 0 saturated carbocycles. The van der Waals surface area contributed by atoms with Gasteiger partial charge in [-0.3, -0.25) is 15.0 Å². The van der Waals surface area contributed by atoms with Crippen molar-refractivity contribution in [3.63, 3.8) is 0 Å². The predicted molar refractivity (Wildman–Crippen MR) is 121 cm³/mol. The average molecular weight is 440 g/mol. The Morgan fingerprint density at radius 1 is 1.25 bits per heavy atom. The number of epoxide rings is 1. The lowest BCUT2D eigenvalue weighted by atomic mass is 9.90. The zero-order chi connectivity index (χ0) is 23.3. The quantitative estimate of drug-likeness (QED) is 0.313. The molecular weight excluding hydrogens is 410 g/mol. The number of nitrogens with one attached hydrogen (secondary N) is 2. The number of anilines is 1. The molecule has 2 heterocycles. The fourth-order valence-corrected chi connectivity index (χ4v) is 2.85. The van der Waals surface area contributed by atoms with Gasteiger partial charge in [0.2, 0.25) is 11.7 Å². The molecule has 1 fully saturated rings. The van der Waals surface area contributed by atoms with Crippen molar-refractivity contribution < 1.29 is 23.8 Å². The molecule has 2 aromatic rings. The van der Waals surface area contributed by atoms with E-state index in [-0.39, 0.29) is 29.7 Å². The van der Waals surface area contributed by atoms with Crippen molar-refractivity contribution in [3.8, 4) is 11.6 Å². The van der Waals surface area contributed by atoms with Gasteiger partial charge in [0.25, 0.3) is 0 Å². The van der Waals surface area contributed by atoms with Crippen LogP contribution in [0.1, 0.15) is 43.1 Å². The van der Waals surface area contributed by atoms with Gasteiger partial charge in [0.05, 0.1) is 33.0 Å². The van der Waals surface area contributed by atoms with Gasteiger partial charge in [-0.1, -0.05) is 20.8 Å². The molecule has 32 heavy (non-hydrogen) atoms. The van der Waals surface area contributed by atoms with Crippen molar-refractivity contribution in [2.75, 3.05) is 32.2 Å². The minimum Gasteiger partial charge on any atom is -0.497 e. The van der Waals surface area contributed by atoms with Crippen LogP contribution in [0.25, 0.3) is 0 Å². The summed E-state index contributed by atoms with van der Waals surface area (Å²) < 4.78 is 15.9. The maximum absolute atomic E-state index is 12.9. The van der Waals surface area contributed by atoms with Gasteiger partial charge in [-0.15, -0.1) is 0 Å². The molecule has 3 rings (SSSR count). The summed E-state index contributed by atoms with van der Waals surface area (Å²) in [6.07, 6.45) is 2.49. The van der Waals surface area contributed by atoms with Crippen LogP contribution in [-0.2, 0) is 9.53 Å². The Morgan fingerprint density at radius 2 is 2.00 bits per heavy atom. The molecule has 1 aromatic carbocycles. The van der Waals surface area contributed by atoms with Crippen LogP contribution < -0.4 is 14.8 Å². The Kier molecular flexibility index (Phi) is 7.25. The van der Waals surface area contributed by atoms with E-state index in [4.69, 9.17) is 19.6 Å². The van der Waals surface area contributed by atoms with Crippen molar-refractivity contribution >= 4 is 23.0 Å². The zero-order valence-electron chi connectivity index (χ0n) is 18.9. The summed E-state index contributed by atoms with van der Waals surface area (Å²) in [5, 5.41) is 11.5. The number of benzene rings is 1. The third-order valence-electron chi connectivity index (χ3n) is 5.09. The van der Waals surface area contributed by atoms with E-state index in [0.29, 0.717) is 29.5 Å². The molecule has 1 aliphatic rings. The molecule has 0 bridgehead atoms. The summed E-state index contributed by atoms with van der Waals surface area (Å²) in [5.41, 5.74) is 0.425. The topological polar surface area (TPSA) is 114 Å². The molecule has 0 spiro atoms. The molecule has 0 aliphatic carbocycles. The van der Waals surface area contributed by atoms with Crippen LogP contribution in [0.15, 0.2) is 36.5 Å². The van der Waals surface area contributed by atoms with Gasteiger partial charge >= 0.3 is 0 Å². The number of ketones is 2. The van der Waals surface area contributed by atoms with Crippen molar-refractivity contribution in [2.24, 2.45) is 5.41 Å². The number of rotatable bonds is 11. The third-order valence-corrected chi connectivity index (χ3v) is 5.09. The van der Waals surface area contributed by atoms with Crippen LogP contribution in [-0.4, -0.2) is 55.2 Å². The molecule has 2 N–H and O–H groups in total. The smallest absolute Gasteiger partial charge is 0.213 e. The van der Waals surface area contributed by atoms with Gasteiger partial charge < -0.3 is 19.5 Å². The highest BCUT2D eigenvalue weighted by atomic mass is 16.6. The summed E-state index contributed by atoms with van der Waals surface area (Å²) in [7, 11) is 1.53. The summed E-state index contributed by atoms with van der Waals surface area (Å²) in [6.45, 7) is 6.87. The Bertz CT molecular complexity index is 992. The van der Waals surface area contributed by atoms with E-state index in [1.165, 1.54) is 13.3 Å². The van der Waals surface area contributed by atoms with E-state index in [1.54, 1.807) is 30.3 Å². The first-order valence-corrected chi connectivity index (χ1v) is 10.5. The van der Waals surface area contributed by atoms with Crippen molar-refractivity contribution in [2.45, 2.75) is 33.3 Å². The number of hydrogen-bond donors (Lipinski definition) is 2. The lowest BCUT2D eigenvalue weighted by Gasteiger charge is -2.19. The zero-order valence-corrected chi connectivity index (χ0v) is 18.9. The lowest BCUT2D eigenvalue weighted by molar-refractivity contribution is -0.124. The Labute approximate surface area is 187 Å². The highest BCUT2D eigenvalue weighted by molar-refractivity contribution is 6.51. The van der Waals surface area contributed by atoms with Crippen LogP contribution in [0, 0.1) is 10.8 Å². The molecule has 170 valence electrons. The first-order chi connectivity index (χ1) is 15.2. The van der Waals surface area contributed by atoms with E-state index >= 15 is 0 Å². The van der Waals surface area contributed by atoms with Crippen LogP contribution in [0.5, 0.6) is 11.6 Å². The highest BCUT2D eigenvalue weighted by Crippen LogP contribution is 2.25. The van der Waals surface area contributed by atoms with Crippen molar-refractivity contribution in [1.82, 2.24) is 4.98 Å². The predicted octanol–water partition coefficient (Wildman–Crippen LogP) is 3.54. The number of carbonyl (C=O) groups excluding carboxylic acids is 2. The molecule has 8 heteroatoms. The van der Waals surface area contributed by atoms with E-state index in [1.807, 2.05) is 20.8 Å². The van der Waals surface area contributed by atoms with Gasteiger partial charge in [-0.25, -0.2) is 4.98 Å². The number of pyridine rings is 1. The molecule has 0 radical (unpaired) electrons. The SMILES string of the molecule is COc1ccc(C(=N)C(=O)c2ccc(OCCC3CO3)nc2)c(NCC(=O)C(C)(C)C)c1. The lowest BCUT2D eigenvalue weighted by Crippen LogP contribution is -2.28. The first kappa shape index (κ1) is 23.4. The van der Waals surface area contributed by atoms with Gasteiger partial charge in [-0.05, 0) is 18.2 Å². The monoisotopic (exact) mass is 439 g/mol. The molecule has 1 atom stereocenters. The number of methoxy groups -OCH3 is 1. The summed E-state index contributed by atoms with van der Waals surface area (Å²) in [4.78, 5) is 29.4. The second kappa shape index (κ2) is 9.91. The van der Waals surface area contributed by atoms with Gasteiger partial charge in [0.1, 0.15) is 11.5 Å². The fourth-order valence-electron chi connectivity index (χ4n) is 2.85. The normalized spacial score (nSPS) is 15.1. The van der Waals surface area contributed by atoms with E-state index in [2.05, 4.69) is 10.3 Å². The van der Waals surface area contributed by atoms with Crippen molar-refractivity contribution in [3.05, 3.63) is 47.7 Å². The number of aromatic nitrogens is 1. The highest BCUT2D eigenvalue weighted by Gasteiger charge is 2.23. The Morgan fingerprint density at radius 3 is 2.59 bits per heavy atom. The molecule has 1 saturated heterocycles. The largest absolute Gasteiger partial charge is 0.497 e. The average Bonchev–Trinajstić information content (AvgIpc) is 3.60. The Balaban J connectivity index is 1.72. The van der Waals surface area contributed by atoms with E-state index in [0.717, 1.165) is 13.0 Å². The maximum atomic E-state index is 12.9. The Hall–Kier alpha value is -3.26.